The van der Waals surface area contributed by atoms with Gasteiger partial charge in [-0.05, 0) is 43.3 Å². The first-order valence-corrected chi connectivity index (χ1v) is 9.98. The molecule has 6 heteroatoms. The molecule has 0 atom stereocenters. The van der Waals surface area contributed by atoms with Gasteiger partial charge in [0, 0.05) is 45.8 Å². The summed E-state index contributed by atoms with van der Waals surface area (Å²) in [6.45, 7) is 4.11. The van der Waals surface area contributed by atoms with Gasteiger partial charge in [-0.2, -0.15) is 0 Å². The molecule has 3 N–H and O–H groups in total. The summed E-state index contributed by atoms with van der Waals surface area (Å²) in [5.74, 6) is 0. The van der Waals surface area contributed by atoms with E-state index in [1.54, 1.807) is 0 Å². The number of hydrogen-bond donors (Lipinski definition) is 3. The van der Waals surface area contributed by atoms with E-state index in [1.165, 1.54) is 16.5 Å². The van der Waals surface area contributed by atoms with Crippen molar-refractivity contribution in [2.45, 2.75) is 19.5 Å². The molecule has 4 nitrogen and oxygen atoms in total. The Labute approximate surface area is 170 Å². The molecular formula is C21H25Cl2N3O. The van der Waals surface area contributed by atoms with Crippen LogP contribution in [-0.2, 0) is 13.1 Å². The van der Waals surface area contributed by atoms with Crippen molar-refractivity contribution in [3.8, 4) is 0 Å². The third kappa shape index (κ3) is 5.24. The van der Waals surface area contributed by atoms with Gasteiger partial charge in [-0.3, -0.25) is 0 Å². The van der Waals surface area contributed by atoms with Crippen LogP contribution < -0.4 is 10.6 Å². The molecule has 3 aromatic rings. The fraction of sp³-hybridized carbons (Fsp3) is 0.333. The Bertz CT molecular complexity index is 859. The first-order chi connectivity index (χ1) is 13.2. The lowest BCUT2D eigenvalue weighted by Crippen LogP contribution is -2.23. The number of benzene rings is 2. The SMILES string of the molecule is OCCNCCCNCc1cn(Cc2c(Cl)cccc2Cl)c2ccccc12. The summed E-state index contributed by atoms with van der Waals surface area (Å²) in [7, 11) is 0. The maximum Gasteiger partial charge on any atom is 0.0555 e. The zero-order chi connectivity index (χ0) is 19.1. The van der Waals surface area contributed by atoms with Gasteiger partial charge in [0.25, 0.3) is 0 Å². The van der Waals surface area contributed by atoms with Gasteiger partial charge in [-0.15, -0.1) is 0 Å². The van der Waals surface area contributed by atoms with E-state index in [0.29, 0.717) is 23.1 Å². The number of nitrogens with zero attached hydrogens (tertiary/aromatic N) is 1. The molecule has 0 fully saturated rings. The van der Waals surface area contributed by atoms with Crippen molar-refractivity contribution >= 4 is 34.1 Å². The monoisotopic (exact) mass is 405 g/mol. The molecule has 144 valence electrons. The van der Waals surface area contributed by atoms with E-state index in [1.807, 2.05) is 18.2 Å². The summed E-state index contributed by atoms with van der Waals surface area (Å²) < 4.78 is 2.21. The highest BCUT2D eigenvalue weighted by atomic mass is 35.5. The van der Waals surface area contributed by atoms with Crippen molar-refractivity contribution in [2.24, 2.45) is 0 Å². The van der Waals surface area contributed by atoms with E-state index in [-0.39, 0.29) is 6.61 Å². The molecule has 27 heavy (non-hydrogen) atoms. The Morgan fingerprint density at radius 3 is 2.41 bits per heavy atom. The van der Waals surface area contributed by atoms with E-state index >= 15 is 0 Å². The van der Waals surface area contributed by atoms with Crippen LogP contribution in [0.4, 0.5) is 0 Å². The second-order valence-corrected chi connectivity index (χ2v) is 7.32. The Balaban J connectivity index is 1.70. The maximum atomic E-state index is 8.76. The highest BCUT2D eigenvalue weighted by Crippen LogP contribution is 2.28. The Hall–Kier alpha value is -1.56. The lowest BCUT2D eigenvalue weighted by molar-refractivity contribution is 0.292. The predicted molar refractivity (Wildman–Crippen MR) is 114 cm³/mol. The van der Waals surface area contributed by atoms with Gasteiger partial charge in [0.05, 0.1) is 13.2 Å². The minimum absolute atomic E-state index is 0.183. The van der Waals surface area contributed by atoms with Gasteiger partial charge in [0.15, 0.2) is 0 Å². The summed E-state index contributed by atoms with van der Waals surface area (Å²) in [4.78, 5) is 0. The topological polar surface area (TPSA) is 49.2 Å². The second-order valence-electron chi connectivity index (χ2n) is 6.50. The van der Waals surface area contributed by atoms with E-state index < -0.39 is 0 Å². The molecule has 0 spiro atoms. The van der Waals surface area contributed by atoms with Crippen LogP contribution in [-0.4, -0.2) is 35.9 Å². The number of nitrogens with one attached hydrogen (secondary N) is 2. The first kappa shape index (κ1) is 20.2. The number of aliphatic hydroxyl groups excluding tert-OH is 1. The van der Waals surface area contributed by atoms with E-state index in [0.717, 1.165) is 31.6 Å². The van der Waals surface area contributed by atoms with Crippen LogP contribution in [0, 0.1) is 0 Å². The number of hydrogen-bond acceptors (Lipinski definition) is 3. The fourth-order valence-electron chi connectivity index (χ4n) is 3.21. The summed E-state index contributed by atoms with van der Waals surface area (Å²) in [6, 6.07) is 14.0. The molecule has 0 aliphatic heterocycles. The van der Waals surface area contributed by atoms with Crippen LogP contribution in [0.2, 0.25) is 10.0 Å². The molecule has 0 aliphatic rings. The second kappa shape index (κ2) is 10.1. The van der Waals surface area contributed by atoms with Crippen molar-refractivity contribution in [1.29, 1.82) is 0 Å². The molecule has 0 radical (unpaired) electrons. The van der Waals surface area contributed by atoms with Crippen LogP contribution in [0.1, 0.15) is 17.5 Å². The number of rotatable bonds is 10. The third-order valence-corrected chi connectivity index (χ3v) is 5.28. The minimum Gasteiger partial charge on any atom is -0.395 e. The van der Waals surface area contributed by atoms with E-state index in [9.17, 15) is 0 Å². The lowest BCUT2D eigenvalue weighted by atomic mass is 10.2. The van der Waals surface area contributed by atoms with Crippen LogP contribution >= 0.6 is 23.2 Å². The molecule has 3 rings (SSSR count). The van der Waals surface area contributed by atoms with Crippen molar-refractivity contribution in [1.82, 2.24) is 15.2 Å². The van der Waals surface area contributed by atoms with Gasteiger partial charge < -0.3 is 20.3 Å². The number of halogens is 2. The lowest BCUT2D eigenvalue weighted by Gasteiger charge is -2.09. The van der Waals surface area contributed by atoms with Crippen molar-refractivity contribution < 1.29 is 5.11 Å². The number of para-hydroxylation sites is 1. The van der Waals surface area contributed by atoms with Crippen molar-refractivity contribution in [3.63, 3.8) is 0 Å². The van der Waals surface area contributed by atoms with Gasteiger partial charge in [0.1, 0.15) is 0 Å². The number of fused-ring (bicyclic) bond motifs is 1. The van der Waals surface area contributed by atoms with Crippen LogP contribution in [0.3, 0.4) is 0 Å². The van der Waals surface area contributed by atoms with Crippen molar-refractivity contribution in [2.75, 3.05) is 26.2 Å². The summed E-state index contributed by atoms with van der Waals surface area (Å²) in [5.41, 5.74) is 3.38. The van der Waals surface area contributed by atoms with E-state index in [2.05, 4.69) is 45.7 Å². The number of aliphatic hydroxyl groups is 1. The Morgan fingerprint density at radius 1 is 0.889 bits per heavy atom. The van der Waals surface area contributed by atoms with Gasteiger partial charge in [0.2, 0.25) is 0 Å². The zero-order valence-electron chi connectivity index (χ0n) is 15.2. The largest absolute Gasteiger partial charge is 0.395 e. The Morgan fingerprint density at radius 2 is 1.63 bits per heavy atom. The molecular weight excluding hydrogens is 381 g/mol. The fourth-order valence-corrected chi connectivity index (χ4v) is 3.73. The molecule has 0 bridgehead atoms. The molecule has 2 aromatic carbocycles. The molecule has 0 saturated carbocycles. The molecule has 0 unspecified atom stereocenters. The smallest absolute Gasteiger partial charge is 0.0555 e. The number of aromatic nitrogens is 1. The first-order valence-electron chi connectivity index (χ1n) is 9.22. The molecule has 1 aromatic heterocycles. The minimum atomic E-state index is 0.183. The highest BCUT2D eigenvalue weighted by Gasteiger charge is 2.11. The molecule has 1 heterocycles. The zero-order valence-corrected chi connectivity index (χ0v) is 16.7. The average Bonchev–Trinajstić information content (AvgIpc) is 3.02. The average molecular weight is 406 g/mol. The molecule has 0 saturated heterocycles. The quantitative estimate of drug-likeness (QED) is 0.445. The maximum absolute atomic E-state index is 8.76. The normalized spacial score (nSPS) is 11.4. The van der Waals surface area contributed by atoms with Crippen LogP contribution in [0.5, 0.6) is 0 Å². The summed E-state index contributed by atoms with van der Waals surface area (Å²) in [6.07, 6.45) is 3.20. The Kier molecular flexibility index (Phi) is 7.56. The van der Waals surface area contributed by atoms with E-state index in [4.69, 9.17) is 28.3 Å². The van der Waals surface area contributed by atoms with Crippen LogP contribution in [0.25, 0.3) is 10.9 Å². The van der Waals surface area contributed by atoms with Gasteiger partial charge in [-0.1, -0.05) is 47.5 Å². The summed E-state index contributed by atoms with van der Waals surface area (Å²) in [5, 5.41) is 18.1. The standard InChI is InChI=1S/C21H25Cl2N3O/c22-19-6-3-7-20(23)18(19)15-26-14-16(17-5-1-2-8-21(17)26)13-25-10-4-9-24-11-12-27/h1-3,5-8,14,24-25,27H,4,9-13,15H2. The third-order valence-electron chi connectivity index (χ3n) is 4.57. The molecule has 0 amide bonds. The van der Waals surface area contributed by atoms with Gasteiger partial charge >= 0.3 is 0 Å². The van der Waals surface area contributed by atoms with Gasteiger partial charge in [-0.25, -0.2) is 0 Å². The van der Waals surface area contributed by atoms with Crippen molar-refractivity contribution in [3.05, 3.63) is 69.8 Å². The predicted octanol–water partition coefficient (Wildman–Crippen LogP) is 4.06. The summed E-state index contributed by atoms with van der Waals surface area (Å²) >= 11 is 12.7. The molecule has 0 aliphatic carbocycles. The van der Waals surface area contributed by atoms with Crippen LogP contribution in [0.15, 0.2) is 48.7 Å². The highest BCUT2D eigenvalue weighted by molar-refractivity contribution is 6.36.